The zero-order valence-electron chi connectivity index (χ0n) is 17.4. The van der Waals surface area contributed by atoms with E-state index < -0.39 is 23.7 Å². The number of rotatable bonds is 5. The fourth-order valence-electron chi connectivity index (χ4n) is 4.16. The molecule has 5 rings (SSSR count). The third kappa shape index (κ3) is 4.05. The van der Waals surface area contributed by atoms with Crippen LogP contribution in [0.4, 0.5) is 33.5 Å². The number of nitrogens with zero attached hydrogens (tertiary/aromatic N) is 4. The maximum absolute atomic E-state index is 14.5. The number of alkyl halides is 4. The molecule has 0 unspecified atom stereocenters. The lowest BCUT2D eigenvalue weighted by Crippen LogP contribution is -2.39. The van der Waals surface area contributed by atoms with Gasteiger partial charge in [0.15, 0.2) is 0 Å². The van der Waals surface area contributed by atoms with Crippen LogP contribution in [0.25, 0.3) is 16.7 Å². The molecule has 1 aliphatic rings. The highest BCUT2D eigenvalue weighted by Gasteiger charge is 2.34. The lowest BCUT2D eigenvalue weighted by atomic mass is 10.1. The third-order valence-corrected chi connectivity index (χ3v) is 5.98. The van der Waals surface area contributed by atoms with Crippen LogP contribution in [0.3, 0.4) is 0 Å². The Morgan fingerprint density at radius 1 is 1.09 bits per heavy atom. The molecule has 172 valence electrons. The predicted octanol–water partition coefficient (Wildman–Crippen LogP) is 5.81. The van der Waals surface area contributed by atoms with E-state index in [9.17, 15) is 22.0 Å². The van der Waals surface area contributed by atoms with Gasteiger partial charge in [-0.15, -0.1) is 0 Å². The summed E-state index contributed by atoms with van der Waals surface area (Å²) in [5.41, 5.74) is 0.974. The molecule has 2 aromatic carbocycles. The molecule has 0 bridgehead atoms. The van der Waals surface area contributed by atoms with Crippen LogP contribution in [0.15, 0.2) is 48.8 Å². The van der Waals surface area contributed by atoms with E-state index in [2.05, 4.69) is 15.3 Å². The van der Waals surface area contributed by atoms with Gasteiger partial charge in [-0.05, 0) is 18.2 Å². The van der Waals surface area contributed by atoms with E-state index in [1.54, 1.807) is 16.8 Å². The summed E-state index contributed by atoms with van der Waals surface area (Å²) in [5.74, 6) is -2.80. The second-order valence-corrected chi connectivity index (χ2v) is 8.08. The molecule has 0 atom stereocenters. The van der Waals surface area contributed by atoms with Gasteiger partial charge in [0.1, 0.15) is 11.6 Å². The summed E-state index contributed by atoms with van der Waals surface area (Å²) in [6.45, 7) is 0.396. The van der Waals surface area contributed by atoms with Gasteiger partial charge in [0, 0.05) is 61.5 Å². The zero-order chi connectivity index (χ0) is 23.2. The second kappa shape index (κ2) is 8.17. The van der Waals surface area contributed by atoms with Crippen molar-refractivity contribution in [2.45, 2.75) is 31.7 Å². The van der Waals surface area contributed by atoms with Crippen LogP contribution in [-0.4, -0.2) is 33.4 Å². The van der Waals surface area contributed by atoms with Crippen molar-refractivity contribution in [1.29, 1.82) is 0 Å². The Balaban J connectivity index is 1.51. The Labute approximate surface area is 185 Å². The largest absolute Gasteiger partial charge is 0.371 e. The van der Waals surface area contributed by atoms with Crippen LogP contribution in [0.2, 0.25) is 0 Å². The molecule has 4 aromatic rings. The Bertz CT molecular complexity index is 1310. The second-order valence-electron chi connectivity index (χ2n) is 8.08. The Morgan fingerprint density at radius 2 is 1.88 bits per heavy atom. The van der Waals surface area contributed by atoms with E-state index in [0.29, 0.717) is 17.0 Å². The normalized spacial score (nSPS) is 16.1. The van der Waals surface area contributed by atoms with Gasteiger partial charge in [-0.3, -0.25) is 4.40 Å². The van der Waals surface area contributed by atoms with Crippen molar-refractivity contribution in [2.24, 2.45) is 0 Å². The first kappa shape index (κ1) is 21.4. The molecule has 1 saturated heterocycles. The SMILES string of the molecule is Fc1c(CNc2nc3nccn3c3ccc(N4CCC(F)(F)CC4)cc23)cccc1C(F)F. The maximum atomic E-state index is 14.5. The number of nitrogens with one attached hydrogen (secondary N) is 1. The van der Waals surface area contributed by atoms with E-state index in [4.69, 9.17) is 0 Å². The van der Waals surface area contributed by atoms with Crippen molar-refractivity contribution in [3.8, 4) is 0 Å². The van der Waals surface area contributed by atoms with Crippen molar-refractivity contribution in [2.75, 3.05) is 23.3 Å². The minimum absolute atomic E-state index is 0.0639. The molecular formula is C23H20F5N5. The fourth-order valence-corrected chi connectivity index (χ4v) is 4.16. The molecule has 2 aromatic heterocycles. The molecular weight excluding hydrogens is 441 g/mol. The lowest BCUT2D eigenvalue weighted by molar-refractivity contribution is -0.0220. The topological polar surface area (TPSA) is 45.5 Å². The van der Waals surface area contributed by atoms with Crippen molar-refractivity contribution >= 4 is 28.2 Å². The van der Waals surface area contributed by atoms with Crippen LogP contribution in [-0.2, 0) is 6.54 Å². The summed E-state index contributed by atoms with van der Waals surface area (Å²) in [4.78, 5) is 10.6. The van der Waals surface area contributed by atoms with Crippen molar-refractivity contribution in [1.82, 2.24) is 14.4 Å². The third-order valence-electron chi connectivity index (χ3n) is 5.98. The van der Waals surface area contributed by atoms with Crippen molar-refractivity contribution in [3.05, 3.63) is 65.7 Å². The first-order valence-corrected chi connectivity index (χ1v) is 10.5. The predicted molar refractivity (Wildman–Crippen MR) is 116 cm³/mol. The highest BCUT2D eigenvalue weighted by Crippen LogP contribution is 2.33. The Kier molecular flexibility index (Phi) is 5.30. The molecule has 33 heavy (non-hydrogen) atoms. The minimum Gasteiger partial charge on any atom is -0.371 e. The quantitative estimate of drug-likeness (QED) is 0.381. The van der Waals surface area contributed by atoms with Crippen LogP contribution in [0.1, 0.15) is 30.4 Å². The van der Waals surface area contributed by atoms with Crippen LogP contribution < -0.4 is 10.2 Å². The number of aromatic nitrogens is 3. The van der Waals surface area contributed by atoms with Gasteiger partial charge < -0.3 is 10.2 Å². The van der Waals surface area contributed by atoms with E-state index in [1.807, 2.05) is 23.1 Å². The molecule has 0 saturated carbocycles. The highest BCUT2D eigenvalue weighted by atomic mass is 19.3. The first-order chi connectivity index (χ1) is 15.8. The summed E-state index contributed by atoms with van der Waals surface area (Å²) in [6.07, 6.45) is 0.00700. The molecule has 0 spiro atoms. The standard InChI is InChI=1S/C23H20F5N5/c24-19-14(2-1-3-16(19)20(25)26)13-30-21-17-12-15(32-9-6-23(27,28)7-10-32)4-5-18(17)33-11-8-29-22(33)31-21/h1-5,8,11-12,20H,6-7,9-10,13H2,(H,29,30,31). The van der Waals surface area contributed by atoms with Crippen LogP contribution in [0, 0.1) is 5.82 Å². The highest BCUT2D eigenvalue weighted by molar-refractivity contribution is 5.93. The van der Waals surface area contributed by atoms with E-state index in [1.165, 1.54) is 12.1 Å². The van der Waals surface area contributed by atoms with Crippen molar-refractivity contribution < 1.29 is 22.0 Å². The lowest BCUT2D eigenvalue weighted by Gasteiger charge is -2.33. The molecule has 1 N–H and O–H groups in total. The molecule has 1 fully saturated rings. The van der Waals surface area contributed by atoms with Crippen LogP contribution in [0.5, 0.6) is 0 Å². The van der Waals surface area contributed by atoms with E-state index >= 15 is 0 Å². The average molecular weight is 461 g/mol. The minimum atomic E-state index is -2.91. The Morgan fingerprint density at radius 3 is 2.64 bits per heavy atom. The molecule has 10 heteroatoms. The fraction of sp³-hybridized carbons (Fsp3) is 0.304. The van der Waals surface area contributed by atoms with Gasteiger partial charge in [-0.2, -0.15) is 4.98 Å². The van der Waals surface area contributed by atoms with Gasteiger partial charge in [-0.1, -0.05) is 18.2 Å². The summed E-state index contributed by atoms with van der Waals surface area (Å²) in [5, 5.41) is 3.73. The van der Waals surface area contributed by atoms with Gasteiger partial charge in [-0.25, -0.2) is 26.9 Å². The Hall–Kier alpha value is -3.43. The number of hydrogen-bond acceptors (Lipinski definition) is 4. The van der Waals surface area contributed by atoms with Gasteiger partial charge in [0.2, 0.25) is 5.78 Å². The summed E-state index contributed by atoms with van der Waals surface area (Å²) in [6, 6.07) is 9.44. The summed E-state index contributed by atoms with van der Waals surface area (Å²) >= 11 is 0. The zero-order valence-corrected chi connectivity index (χ0v) is 17.4. The number of halogens is 5. The van der Waals surface area contributed by atoms with Crippen molar-refractivity contribution in [3.63, 3.8) is 0 Å². The number of imidazole rings is 1. The molecule has 3 heterocycles. The molecule has 0 aliphatic carbocycles. The molecule has 0 radical (unpaired) electrons. The van der Waals surface area contributed by atoms with E-state index in [-0.39, 0.29) is 38.0 Å². The molecule has 0 amide bonds. The summed E-state index contributed by atoms with van der Waals surface area (Å²) < 4.78 is 69.6. The van der Waals surface area contributed by atoms with Gasteiger partial charge in [0.05, 0.1) is 11.1 Å². The van der Waals surface area contributed by atoms with Gasteiger partial charge in [0.25, 0.3) is 12.3 Å². The average Bonchev–Trinajstić information content (AvgIpc) is 3.26. The number of benzene rings is 2. The molecule has 5 nitrogen and oxygen atoms in total. The maximum Gasteiger partial charge on any atom is 0.266 e. The smallest absolute Gasteiger partial charge is 0.266 e. The molecule has 1 aliphatic heterocycles. The summed E-state index contributed by atoms with van der Waals surface area (Å²) in [7, 11) is 0. The monoisotopic (exact) mass is 461 g/mol. The number of piperidine rings is 1. The number of fused-ring (bicyclic) bond motifs is 3. The number of anilines is 2. The first-order valence-electron chi connectivity index (χ1n) is 10.5. The van der Waals surface area contributed by atoms with Gasteiger partial charge >= 0.3 is 0 Å². The van der Waals surface area contributed by atoms with Crippen LogP contribution >= 0.6 is 0 Å². The van der Waals surface area contributed by atoms with E-state index in [0.717, 1.165) is 17.3 Å². The number of hydrogen-bond donors (Lipinski definition) is 1.